The molecule has 0 saturated heterocycles. The maximum Gasteiger partial charge on any atom is 0.410 e. The Morgan fingerprint density at radius 1 is 1.33 bits per heavy atom. The lowest BCUT2D eigenvalue weighted by Gasteiger charge is -2.28. The number of ether oxygens (including phenoxy) is 1. The standard InChI is InChI=1S/C16H27N3O4S/c1-6-7-8-10-16(2,3)23-15(20)19(4)12-13-9-11-17-14(18-13)24(5,21)22/h9,11H,6-8,10,12H2,1-5H3. The van der Waals surface area contributed by atoms with Gasteiger partial charge in [0.25, 0.3) is 0 Å². The van der Waals surface area contributed by atoms with E-state index in [2.05, 4.69) is 16.9 Å². The van der Waals surface area contributed by atoms with Crippen LogP contribution in [0.25, 0.3) is 0 Å². The maximum absolute atomic E-state index is 12.2. The first-order valence-corrected chi connectivity index (χ1v) is 9.90. The summed E-state index contributed by atoms with van der Waals surface area (Å²) in [5.41, 5.74) is -0.0990. The number of carbonyl (C=O) groups excluding carboxylic acids is 1. The highest BCUT2D eigenvalue weighted by Crippen LogP contribution is 2.20. The van der Waals surface area contributed by atoms with Crippen LogP contribution in [0.1, 0.15) is 52.1 Å². The van der Waals surface area contributed by atoms with Gasteiger partial charge in [-0.25, -0.2) is 23.2 Å². The van der Waals surface area contributed by atoms with Gasteiger partial charge in [0.05, 0.1) is 12.2 Å². The van der Waals surface area contributed by atoms with Crippen LogP contribution in [0.4, 0.5) is 4.79 Å². The normalized spacial score (nSPS) is 12.0. The van der Waals surface area contributed by atoms with Crippen molar-refractivity contribution in [3.63, 3.8) is 0 Å². The van der Waals surface area contributed by atoms with E-state index in [0.29, 0.717) is 5.69 Å². The molecule has 1 aromatic rings. The van der Waals surface area contributed by atoms with Crippen LogP contribution in [0, 0.1) is 0 Å². The molecule has 0 fully saturated rings. The summed E-state index contributed by atoms with van der Waals surface area (Å²) in [7, 11) is -1.89. The molecule has 0 N–H and O–H groups in total. The Morgan fingerprint density at radius 3 is 2.58 bits per heavy atom. The Morgan fingerprint density at radius 2 is 2.00 bits per heavy atom. The van der Waals surface area contributed by atoms with Crippen LogP contribution in [-0.4, -0.2) is 48.3 Å². The first-order valence-electron chi connectivity index (χ1n) is 8.01. The topological polar surface area (TPSA) is 89.5 Å². The van der Waals surface area contributed by atoms with Crippen molar-refractivity contribution < 1.29 is 17.9 Å². The largest absolute Gasteiger partial charge is 0.443 e. The van der Waals surface area contributed by atoms with E-state index in [-0.39, 0.29) is 11.7 Å². The third-order valence-corrected chi connectivity index (χ3v) is 4.34. The van der Waals surface area contributed by atoms with Gasteiger partial charge in [-0.15, -0.1) is 0 Å². The molecule has 0 aromatic carbocycles. The summed E-state index contributed by atoms with van der Waals surface area (Å²) in [6.07, 6.45) is 5.97. The molecule has 0 spiro atoms. The Balaban J connectivity index is 2.67. The van der Waals surface area contributed by atoms with Crippen LogP contribution in [0.2, 0.25) is 0 Å². The number of amides is 1. The van der Waals surface area contributed by atoms with E-state index in [1.165, 1.54) is 11.1 Å². The second-order valence-corrected chi connectivity index (χ2v) is 8.45. The molecule has 8 heteroatoms. The predicted molar refractivity (Wildman–Crippen MR) is 91.3 cm³/mol. The monoisotopic (exact) mass is 357 g/mol. The van der Waals surface area contributed by atoms with E-state index in [1.807, 2.05) is 13.8 Å². The number of hydrogen-bond donors (Lipinski definition) is 0. The zero-order valence-corrected chi connectivity index (χ0v) is 15.9. The van der Waals surface area contributed by atoms with E-state index in [4.69, 9.17) is 4.74 Å². The number of carbonyl (C=O) groups is 1. The zero-order valence-electron chi connectivity index (χ0n) is 15.1. The van der Waals surface area contributed by atoms with E-state index in [9.17, 15) is 13.2 Å². The molecule has 1 amide bonds. The van der Waals surface area contributed by atoms with Gasteiger partial charge in [0.15, 0.2) is 0 Å². The van der Waals surface area contributed by atoms with Crippen LogP contribution in [-0.2, 0) is 21.1 Å². The summed E-state index contributed by atoms with van der Waals surface area (Å²) in [6.45, 7) is 6.05. The molecule has 0 bridgehead atoms. The molecule has 0 aliphatic carbocycles. The molecule has 0 unspecified atom stereocenters. The molecular weight excluding hydrogens is 330 g/mol. The summed E-state index contributed by atoms with van der Waals surface area (Å²) in [5, 5.41) is -0.248. The summed E-state index contributed by atoms with van der Waals surface area (Å²) < 4.78 is 28.5. The molecule has 136 valence electrons. The summed E-state index contributed by atoms with van der Waals surface area (Å²) >= 11 is 0. The van der Waals surface area contributed by atoms with Crippen molar-refractivity contribution in [2.24, 2.45) is 0 Å². The number of unbranched alkanes of at least 4 members (excludes halogenated alkanes) is 2. The van der Waals surface area contributed by atoms with Crippen molar-refractivity contribution in [2.75, 3.05) is 13.3 Å². The first-order chi connectivity index (χ1) is 11.0. The lowest BCUT2D eigenvalue weighted by molar-refractivity contribution is 0.00982. The van der Waals surface area contributed by atoms with Gasteiger partial charge >= 0.3 is 6.09 Å². The molecule has 7 nitrogen and oxygen atoms in total. The average molecular weight is 357 g/mol. The molecule has 1 rings (SSSR count). The fourth-order valence-corrected chi connectivity index (χ4v) is 2.65. The number of hydrogen-bond acceptors (Lipinski definition) is 6. The van der Waals surface area contributed by atoms with Crippen molar-refractivity contribution in [3.05, 3.63) is 18.0 Å². The molecule has 0 radical (unpaired) electrons. The number of nitrogens with zero attached hydrogens (tertiary/aromatic N) is 3. The highest BCUT2D eigenvalue weighted by atomic mass is 32.2. The van der Waals surface area contributed by atoms with Crippen molar-refractivity contribution in [2.45, 2.75) is 63.8 Å². The molecule has 1 heterocycles. The minimum absolute atomic E-state index is 0.148. The van der Waals surface area contributed by atoms with Crippen molar-refractivity contribution >= 4 is 15.9 Å². The van der Waals surface area contributed by atoms with Gasteiger partial charge in [0.1, 0.15) is 5.60 Å². The third kappa shape index (κ3) is 6.82. The number of aromatic nitrogens is 2. The van der Waals surface area contributed by atoms with Crippen LogP contribution in [0.3, 0.4) is 0 Å². The first kappa shape index (κ1) is 20.3. The Bertz CT molecular complexity index is 659. The van der Waals surface area contributed by atoms with E-state index < -0.39 is 21.5 Å². The van der Waals surface area contributed by atoms with Gasteiger partial charge in [-0.05, 0) is 32.8 Å². The van der Waals surface area contributed by atoms with E-state index in [0.717, 1.165) is 31.9 Å². The lowest BCUT2D eigenvalue weighted by Crippen LogP contribution is -2.36. The van der Waals surface area contributed by atoms with Gasteiger partial charge in [0.2, 0.25) is 15.0 Å². The molecule has 24 heavy (non-hydrogen) atoms. The fourth-order valence-electron chi connectivity index (χ4n) is 2.12. The number of sulfone groups is 1. The highest BCUT2D eigenvalue weighted by Gasteiger charge is 2.24. The SMILES string of the molecule is CCCCCC(C)(C)OC(=O)N(C)Cc1ccnc(S(C)(=O)=O)n1. The van der Waals surface area contributed by atoms with Crippen LogP contribution in [0.5, 0.6) is 0 Å². The van der Waals surface area contributed by atoms with Crippen LogP contribution >= 0.6 is 0 Å². The fraction of sp³-hybridized carbons (Fsp3) is 0.688. The summed E-state index contributed by atoms with van der Waals surface area (Å²) in [5.74, 6) is 0. The second-order valence-electron chi connectivity index (χ2n) is 6.54. The molecule has 0 aliphatic heterocycles. The van der Waals surface area contributed by atoms with Gasteiger partial charge < -0.3 is 9.64 Å². The molecular formula is C16H27N3O4S. The van der Waals surface area contributed by atoms with Gasteiger partial charge in [-0.2, -0.15) is 0 Å². The van der Waals surface area contributed by atoms with Crippen molar-refractivity contribution in [3.8, 4) is 0 Å². The predicted octanol–water partition coefficient (Wildman–Crippen LogP) is 2.81. The van der Waals surface area contributed by atoms with E-state index >= 15 is 0 Å². The molecule has 0 saturated carbocycles. The Kier molecular flexibility index (Phi) is 7.13. The van der Waals surface area contributed by atoms with Crippen molar-refractivity contribution in [1.29, 1.82) is 0 Å². The lowest BCUT2D eigenvalue weighted by atomic mass is 10.0. The van der Waals surface area contributed by atoms with Gasteiger partial charge in [-0.3, -0.25) is 0 Å². The minimum atomic E-state index is -3.48. The average Bonchev–Trinajstić information content (AvgIpc) is 2.46. The Labute approximate surface area is 144 Å². The van der Waals surface area contributed by atoms with Crippen LogP contribution in [0.15, 0.2) is 17.4 Å². The Hall–Kier alpha value is -1.70. The highest BCUT2D eigenvalue weighted by molar-refractivity contribution is 7.90. The number of rotatable bonds is 8. The minimum Gasteiger partial charge on any atom is -0.443 e. The zero-order chi connectivity index (χ0) is 18.4. The van der Waals surface area contributed by atoms with Gasteiger partial charge in [0, 0.05) is 19.5 Å². The van der Waals surface area contributed by atoms with Crippen molar-refractivity contribution in [1.82, 2.24) is 14.9 Å². The summed E-state index contributed by atoms with van der Waals surface area (Å²) in [4.78, 5) is 21.3. The molecule has 1 aromatic heterocycles. The van der Waals surface area contributed by atoms with Crippen LogP contribution < -0.4 is 0 Å². The second kappa shape index (κ2) is 8.41. The third-order valence-electron chi connectivity index (χ3n) is 3.48. The van der Waals surface area contributed by atoms with E-state index in [1.54, 1.807) is 13.1 Å². The maximum atomic E-state index is 12.2. The quantitative estimate of drug-likeness (QED) is 0.525. The molecule has 0 aliphatic rings. The van der Waals surface area contributed by atoms with Gasteiger partial charge in [-0.1, -0.05) is 19.8 Å². The summed E-state index contributed by atoms with van der Waals surface area (Å²) in [6, 6.07) is 1.57. The smallest absolute Gasteiger partial charge is 0.410 e. The molecule has 0 atom stereocenters.